The van der Waals surface area contributed by atoms with Crippen LogP contribution in [-0.2, 0) is 12.8 Å². The van der Waals surface area contributed by atoms with E-state index < -0.39 is 0 Å². The van der Waals surface area contributed by atoms with Gasteiger partial charge in [0, 0.05) is 22.7 Å². The SMILES string of the molecule is CCCCc1ccc(Nc2ccc(-c3ccc(Nc4ccc(CCCC)cc4C)cc3)cc2)c(C)c1. The number of unbranched alkanes of at least 4 members (excludes halogenated alkanes) is 2. The smallest absolute Gasteiger partial charge is 0.0414 e. The summed E-state index contributed by atoms with van der Waals surface area (Å²) in [5.41, 5.74) is 12.4. The molecule has 0 fully saturated rings. The Morgan fingerprint density at radius 1 is 0.500 bits per heavy atom. The van der Waals surface area contributed by atoms with Gasteiger partial charge in [-0.1, -0.05) is 75.2 Å². The molecule has 36 heavy (non-hydrogen) atoms. The van der Waals surface area contributed by atoms with Crippen molar-refractivity contribution < 1.29 is 0 Å². The number of aryl methyl sites for hydroxylation is 4. The van der Waals surface area contributed by atoms with E-state index in [1.807, 2.05) is 0 Å². The molecule has 2 N–H and O–H groups in total. The van der Waals surface area contributed by atoms with E-state index in [0.29, 0.717) is 0 Å². The zero-order valence-corrected chi connectivity index (χ0v) is 22.3. The van der Waals surface area contributed by atoms with E-state index in [1.54, 1.807) is 0 Å². The Morgan fingerprint density at radius 3 is 1.22 bits per heavy atom. The van der Waals surface area contributed by atoms with Gasteiger partial charge in [-0.2, -0.15) is 0 Å². The van der Waals surface area contributed by atoms with Crippen molar-refractivity contribution in [1.82, 2.24) is 0 Å². The monoisotopic (exact) mass is 476 g/mol. The molecule has 186 valence electrons. The van der Waals surface area contributed by atoms with Gasteiger partial charge in [0.05, 0.1) is 0 Å². The normalized spacial score (nSPS) is 10.9. The fourth-order valence-electron chi connectivity index (χ4n) is 4.61. The topological polar surface area (TPSA) is 24.1 Å². The minimum absolute atomic E-state index is 1.11. The molecule has 0 unspecified atom stereocenters. The maximum Gasteiger partial charge on any atom is 0.0414 e. The van der Waals surface area contributed by atoms with Crippen LogP contribution >= 0.6 is 0 Å². The quantitative estimate of drug-likeness (QED) is 0.225. The van der Waals surface area contributed by atoms with Crippen molar-refractivity contribution in [2.45, 2.75) is 66.2 Å². The Balaban J connectivity index is 1.38. The molecule has 0 aromatic heterocycles. The van der Waals surface area contributed by atoms with Gasteiger partial charge in [0.2, 0.25) is 0 Å². The van der Waals surface area contributed by atoms with E-state index in [4.69, 9.17) is 0 Å². The van der Waals surface area contributed by atoms with Gasteiger partial charge in [0.15, 0.2) is 0 Å². The van der Waals surface area contributed by atoms with Crippen LogP contribution in [0.4, 0.5) is 22.7 Å². The summed E-state index contributed by atoms with van der Waals surface area (Å²) in [5, 5.41) is 7.16. The molecule has 0 aliphatic carbocycles. The van der Waals surface area contributed by atoms with Crippen LogP contribution in [0.15, 0.2) is 84.9 Å². The van der Waals surface area contributed by atoms with E-state index in [0.717, 1.165) is 24.2 Å². The van der Waals surface area contributed by atoms with E-state index in [2.05, 4.69) is 123 Å². The summed E-state index contributed by atoms with van der Waals surface area (Å²) in [7, 11) is 0. The summed E-state index contributed by atoms with van der Waals surface area (Å²) in [6.45, 7) is 8.85. The van der Waals surface area contributed by atoms with Crippen molar-refractivity contribution in [3.8, 4) is 11.1 Å². The third-order valence-electron chi connectivity index (χ3n) is 6.88. The molecular weight excluding hydrogens is 436 g/mol. The molecule has 0 aliphatic rings. The lowest BCUT2D eigenvalue weighted by Gasteiger charge is -2.13. The Kier molecular flexibility index (Phi) is 8.84. The standard InChI is InChI=1S/C34H40N2/c1-5-7-9-27-11-21-33(25(3)23-27)35-31-17-13-29(14-18-31)30-15-19-32(20-16-30)36-34-22-12-28(10-8-6-2)24-26(34)4/h11-24,35-36H,5-10H2,1-4H3. The number of rotatable bonds is 11. The van der Waals surface area contributed by atoms with Crippen molar-refractivity contribution >= 4 is 22.7 Å². The van der Waals surface area contributed by atoms with Gasteiger partial charge in [-0.15, -0.1) is 0 Å². The zero-order valence-electron chi connectivity index (χ0n) is 22.3. The largest absolute Gasteiger partial charge is 0.355 e. The van der Waals surface area contributed by atoms with Crippen molar-refractivity contribution in [3.05, 3.63) is 107 Å². The Hall–Kier alpha value is -3.52. The minimum atomic E-state index is 1.11. The van der Waals surface area contributed by atoms with Crippen LogP contribution in [0.1, 0.15) is 61.8 Å². The number of anilines is 4. The molecular formula is C34H40N2. The lowest BCUT2D eigenvalue weighted by molar-refractivity contribution is 0.794. The molecule has 2 nitrogen and oxygen atoms in total. The fourth-order valence-corrected chi connectivity index (χ4v) is 4.61. The zero-order chi connectivity index (χ0) is 25.3. The van der Waals surface area contributed by atoms with Gasteiger partial charge in [-0.3, -0.25) is 0 Å². The minimum Gasteiger partial charge on any atom is -0.355 e. The average Bonchev–Trinajstić information content (AvgIpc) is 2.90. The van der Waals surface area contributed by atoms with Gasteiger partial charge in [-0.25, -0.2) is 0 Å². The van der Waals surface area contributed by atoms with Gasteiger partial charge in [0.25, 0.3) is 0 Å². The molecule has 0 saturated heterocycles. The van der Waals surface area contributed by atoms with Gasteiger partial charge < -0.3 is 10.6 Å². The van der Waals surface area contributed by atoms with Crippen LogP contribution in [0.5, 0.6) is 0 Å². The molecule has 0 atom stereocenters. The van der Waals surface area contributed by atoms with Crippen LogP contribution in [0.3, 0.4) is 0 Å². The lowest BCUT2D eigenvalue weighted by atomic mass is 10.0. The van der Waals surface area contributed by atoms with Crippen LogP contribution in [0, 0.1) is 13.8 Å². The first kappa shape index (κ1) is 25.6. The van der Waals surface area contributed by atoms with E-state index >= 15 is 0 Å². The molecule has 0 spiro atoms. The Morgan fingerprint density at radius 2 is 0.889 bits per heavy atom. The molecule has 0 saturated carbocycles. The predicted molar refractivity (Wildman–Crippen MR) is 158 cm³/mol. The van der Waals surface area contributed by atoms with E-state index in [9.17, 15) is 0 Å². The van der Waals surface area contributed by atoms with E-state index in [-0.39, 0.29) is 0 Å². The lowest BCUT2D eigenvalue weighted by Crippen LogP contribution is -1.95. The Labute approximate surface area is 217 Å². The van der Waals surface area contributed by atoms with E-state index in [1.165, 1.54) is 70.4 Å². The number of benzene rings is 4. The van der Waals surface area contributed by atoms with Crippen LogP contribution < -0.4 is 10.6 Å². The molecule has 0 bridgehead atoms. The Bertz CT molecular complexity index is 1150. The molecule has 0 heterocycles. The predicted octanol–water partition coefficient (Wildman–Crippen LogP) is 10.1. The molecule has 0 aliphatic heterocycles. The number of hydrogen-bond acceptors (Lipinski definition) is 2. The van der Waals surface area contributed by atoms with Crippen molar-refractivity contribution in [2.75, 3.05) is 10.6 Å². The summed E-state index contributed by atoms with van der Waals surface area (Å²) in [6.07, 6.45) is 7.28. The van der Waals surface area contributed by atoms with Gasteiger partial charge in [0.1, 0.15) is 0 Å². The summed E-state index contributed by atoms with van der Waals surface area (Å²) >= 11 is 0. The van der Waals surface area contributed by atoms with Crippen LogP contribution in [-0.4, -0.2) is 0 Å². The van der Waals surface area contributed by atoms with Crippen molar-refractivity contribution in [1.29, 1.82) is 0 Å². The molecule has 4 aromatic carbocycles. The number of hydrogen-bond donors (Lipinski definition) is 2. The molecule has 0 amide bonds. The third-order valence-corrected chi connectivity index (χ3v) is 6.88. The van der Waals surface area contributed by atoms with Gasteiger partial charge >= 0.3 is 0 Å². The second kappa shape index (κ2) is 12.4. The van der Waals surface area contributed by atoms with Crippen LogP contribution in [0.25, 0.3) is 11.1 Å². The summed E-state index contributed by atoms with van der Waals surface area (Å²) in [4.78, 5) is 0. The summed E-state index contributed by atoms with van der Waals surface area (Å²) in [6, 6.07) is 30.9. The highest BCUT2D eigenvalue weighted by Crippen LogP contribution is 2.28. The summed E-state index contributed by atoms with van der Waals surface area (Å²) < 4.78 is 0. The third kappa shape index (κ3) is 6.79. The maximum atomic E-state index is 3.58. The summed E-state index contributed by atoms with van der Waals surface area (Å²) in [5.74, 6) is 0. The first-order valence-electron chi connectivity index (χ1n) is 13.5. The highest BCUT2D eigenvalue weighted by atomic mass is 14.9. The second-order valence-corrected chi connectivity index (χ2v) is 9.91. The average molecular weight is 477 g/mol. The van der Waals surface area contributed by atoms with Crippen molar-refractivity contribution in [3.63, 3.8) is 0 Å². The maximum absolute atomic E-state index is 3.58. The highest BCUT2D eigenvalue weighted by Gasteiger charge is 2.05. The molecule has 2 heteroatoms. The number of nitrogens with one attached hydrogen (secondary N) is 2. The molecule has 4 aromatic rings. The molecule has 0 radical (unpaired) electrons. The fraction of sp³-hybridized carbons (Fsp3) is 0.294. The highest BCUT2D eigenvalue weighted by molar-refractivity contribution is 5.72. The van der Waals surface area contributed by atoms with Crippen LogP contribution in [0.2, 0.25) is 0 Å². The van der Waals surface area contributed by atoms with Crippen molar-refractivity contribution in [2.24, 2.45) is 0 Å². The first-order chi connectivity index (χ1) is 17.6. The first-order valence-corrected chi connectivity index (χ1v) is 13.5. The molecule has 4 rings (SSSR count). The second-order valence-electron chi connectivity index (χ2n) is 9.91. The van der Waals surface area contributed by atoms with Gasteiger partial charge in [-0.05, 0) is 109 Å².